The van der Waals surface area contributed by atoms with E-state index in [-0.39, 0.29) is 46.3 Å². The molecule has 1 radical (unpaired) electrons. The monoisotopic (exact) mass is 253 g/mol. The average Bonchev–Trinajstić information content (AvgIpc) is 2.21. The molecule has 85 valence electrons. The van der Waals surface area contributed by atoms with Gasteiger partial charge in [0.2, 0.25) is 0 Å². The average molecular weight is 254 g/mol. The molecule has 0 unspecified atom stereocenters. The molecule has 0 spiro atoms. The predicted molar refractivity (Wildman–Crippen MR) is 66.4 cm³/mol. The van der Waals surface area contributed by atoms with Gasteiger partial charge in [0.1, 0.15) is 5.02 Å². The van der Waals surface area contributed by atoms with E-state index in [4.69, 9.17) is 11.6 Å². The zero-order valence-electron chi connectivity index (χ0n) is 10.1. The van der Waals surface area contributed by atoms with Gasteiger partial charge in [-0.15, -0.1) is 0 Å². The van der Waals surface area contributed by atoms with Crippen LogP contribution in [0.15, 0.2) is 9.59 Å². The fourth-order valence-electron chi connectivity index (χ4n) is 1.62. The zero-order chi connectivity index (χ0) is 11.6. The number of H-pyrrole nitrogens is 1. The van der Waals surface area contributed by atoms with Crippen molar-refractivity contribution in [2.45, 2.75) is 39.7 Å². The van der Waals surface area contributed by atoms with Gasteiger partial charge in [-0.2, -0.15) is 0 Å². The fourth-order valence-corrected chi connectivity index (χ4v) is 1.76. The third-order valence-corrected chi connectivity index (χ3v) is 3.00. The van der Waals surface area contributed by atoms with Gasteiger partial charge in [0.05, 0.1) is 0 Å². The molecule has 0 bridgehead atoms. The first-order chi connectivity index (χ1) is 7.02. The molecule has 0 amide bonds. The summed E-state index contributed by atoms with van der Waals surface area (Å²) in [7, 11) is 0. The summed E-state index contributed by atoms with van der Waals surface area (Å²) in [4.78, 5) is 26.0. The topological polar surface area (TPSA) is 54.9 Å². The van der Waals surface area contributed by atoms with Gasteiger partial charge in [-0.25, -0.2) is 4.79 Å². The SMILES string of the molecule is CCC(CC)n1c(=O)[nH]c(C)c(Cl)c1=O.[Na]. The molecule has 0 aliphatic heterocycles. The van der Waals surface area contributed by atoms with Crippen molar-refractivity contribution in [2.24, 2.45) is 0 Å². The van der Waals surface area contributed by atoms with Crippen LogP contribution in [-0.4, -0.2) is 39.1 Å². The second-order valence-corrected chi connectivity index (χ2v) is 3.89. The van der Waals surface area contributed by atoms with Crippen molar-refractivity contribution in [3.8, 4) is 0 Å². The smallest absolute Gasteiger partial charge is 0.310 e. The molecule has 1 aromatic rings. The van der Waals surface area contributed by atoms with Gasteiger partial charge >= 0.3 is 5.69 Å². The molecule has 0 saturated carbocycles. The molecule has 6 heteroatoms. The molecule has 1 aromatic heterocycles. The molecule has 0 aliphatic rings. The van der Waals surface area contributed by atoms with Gasteiger partial charge in [-0.3, -0.25) is 9.36 Å². The van der Waals surface area contributed by atoms with E-state index in [1.54, 1.807) is 6.92 Å². The van der Waals surface area contributed by atoms with Crippen molar-refractivity contribution in [3.63, 3.8) is 0 Å². The van der Waals surface area contributed by atoms with Gasteiger partial charge in [0.25, 0.3) is 5.56 Å². The van der Waals surface area contributed by atoms with E-state index in [1.807, 2.05) is 13.8 Å². The third kappa shape index (κ3) is 3.00. The Morgan fingerprint density at radius 1 is 1.31 bits per heavy atom. The summed E-state index contributed by atoms with van der Waals surface area (Å²) in [6, 6.07) is -0.0839. The molecule has 1 rings (SSSR count). The number of hydrogen-bond acceptors (Lipinski definition) is 2. The summed E-state index contributed by atoms with van der Waals surface area (Å²) in [5.41, 5.74) is -0.351. The normalized spacial score (nSPS) is 10.3. The summed E-state index contributed by atoms with van der Waals surface area (Å²) < 4.78 is 1.20. The maximum atomic E-state index is 11.8. The maximum Gasteiger partial charge on any atom is 0.328 e. The van der Waals surface area contributed by atoms with Gasteiger partial charge in [-0.05, 0) is 19.8 Å². The molecule has 4 nitrogen and oxygen atoms in total. The molecule has 0 fully saturated rings. The third-order valence-electron chi connectivity index (χ3n) is 2.56. The van der Waals surface area contributed by atoms with Crippen molar-refractivity contribution in [1.29, 1.82) is 0 Å². The number of aryl methyl sites for hydroxylation is 1. The summed E-state index contributed by atoms with van der Waals surface area (Å²) in [5.74, 6) is 0. The number of rotatable bonds is 3. The van der Waals surface area contributed by atoms with E-state index in [1.165, 1.54) is 4.57 Å². The Morgan fingerprint density at radius 3 is 2.25 bits per heavy atom. The Labute approximate surface area is 121 Å². The van der Waals surface area contributed by atoms with Crippen molar-refractivity contribution in [1.82, 2.24) is 9.55 Å². The minimum atomic E-state index is -0.397. The first-order valence-corrected chi connectivity index (χ1v) is 5.41. The number of halogens is 1. The standard InChI is InChI=1S/C10H15ClN2O2.Na/c1-4-7(5-2)13-9(14)8(11)6(3)12-10(13)15;/h7H,4-5H2,1-3H3,(H,12,15);. The number of hydrogen-bond donors (Lipinski definition) is 1. The van der Waals surface area contributed by atoms with Crippen LogP contribution in [0.2, 0.25) is 5.02 Å². The van der Waals surface area contributed by atoms with Gasteiger partial charge in [-0.1, -0.05) is 25.4 Å². The van der Waals surface area contributed by atoms with E-state index in [2.05, 4.69) is 4.98 Å². The zero-order valence-corrected chi connectivity index (χ0v) is 12.9. The Hall–Kier alpha value is -0.0300. The van der Waals surface area contributed by atoms with Gasteiger partial charge in [0.15, 0.2) is 0 Å². The van der Waals surface area contributed by atoms with Crippen molar-refractivity contribution >= 4 is 41.2 Å². The van der Waals surface area contributed by atoms with Crippen LogP contribution >= 0.6 is 11.6 Å². The Kier molecular flexibility index (Phi) is 6.63. The fraction of sp³-hybridized carbons (Fsp3) is 0.600. The molecule has 0 aromatic carbocycles. The second kappa shape index (κ2) is 6.64. The molecule has 0 saturated heterocycles. The van der Waals surface area contributed by atoms with Crippen molar-refractivity contribution < 1.29 is 0 Å². The summed E-state index contributed by atoms with van der Waals surface area (Å²) in [5, 5.41) is 0.0986. The minimum Gasteiger partial charge on any atom is -0.310 e. The van der Waals surface area contributed by atoms with E-state index in [0.717, 1.165) is 12.8 Å². The molecule has 1 N–H and O–H groups in total. The Bertz CT molecular complexity index is 463. The number of aromatic amines is 1. The van der Waals surface area contributed by atoms with Crippen LogP contribution in [0.25, 0.3) is 0 Å². The van der Waals surface area contributed by atoms with Crippen LogP contribution < -0.4 is 11.2 Å². The van der Waals surface area contributed by atoms with Crippen LogP contribution in [0.1, 0.15) is 38.4 Å². The van der Waals surface area contributed by atoms with E-state index < -0.39 is 5.56 Å². The summed E-state index contributed by atoms with van der Waals surface area (Å²) >= 11 is 5.81. The minimum absolute atomic E-state index is 0. The molecule has 1 heterocycles. The first kappa shape index (κ1) is 16.0. The molecular weight excluding hydrogens is 239 g/mol. The quantitative estimate of drug-likeness (QED) is 0.830. The molecule has 16 heavy (non-hydrogen) atoms. The Morgan fingerprint density at radius 2 is 1.81 bits per heavy atom. The number of aromatic nitrogens is 2. The van der Waals surface area contributed by atoms with Gasteiger partial charge < -0.3 is 4.98 Å². The summed E-state index contributed by atoms with van der Waals surface area (Å²) in [6.07, 6.45) is 1.47. The van der Waals surface area contributed by atoms with E-state index in [9.17, 15) is 9.59 Å². The van der Waals surface area contributed by atoms with Crippen LogP contribution in [-0.2, 0) is 0 Å². The first-order valence-electron chi connectivity index (χ1n) is 5.03. The van der Waals surface area contributed by atoms with Crippen LogP contribution in [0, 0.1) is 6.92 Å². The van der Waals surface area contributed by atoms with Gasteiger partial charge in [0, 0.05) is 41.3 Å². The summed E-state index contributed by atoms with van der Waals surface area (Å²) in [6.45, 7) is 5.49. The van der Waals surface area contributed by atoms with Crippen molar-refractivity contribution in [3.05, 3.63) is 31.6 Å². The Balaban J connectivity index is 0.00000225. The second-order valence-electron chi connectivity index (χ2n) is 3.51. The maximum absolute atomic E-state index is 11.8. The van der Waals surface area contributed by atoms with Crippen LogP contribution in [0.3, 0.4) is 0 Å². The van der Waals surface area contributed by atoms with E-state index in [0.29, 0.717) is 5.69 Å². The largest absolute Gasteiger partial charge is 0.328 e. The van der Waals surface area contributed by atoms with Crippen molar-refractivity contribution in [2.75, 3.05) is 0 Å². The number of nitrogens with zero attached hydrogens (tertiary/aromatic N) is 1. The molecule has 0 atom stereocenters. The molecule has 0 aliphatic carbocycles. The van der Waals surface area contributed by atoms with Crippen LogP contribution in [0.4, 0.5) is 0 Å². The molecular formula is C10H15ClN2NaO2. The van der Waals surface area contributed by atoms with E-state index >= 15 is 0 Å². The van der Waals surface area contributed by atoms with Crippen LogP contribution in [0.5, 0.6) is 0 Å². The predicted octanol–water partition coefficient (Wildman–Crippen LogP) is 1.48. The number of nitrogens with one attached hydrogen (secondary N) is 1.